The van der Waals surface area contributed by atoms with Crippen LogP contribution in [0.25, 0.3) is 10.2 Å². The van der Waals surface area contributed by atoms with Crippen molar-refractivity contribution in [2.45, 2.75) is 32.9 Å². The summed E-state index contributed by atoms with van der Waals surface area (Å²) in [6.07, 6.45) is 1.69. The van der Waals surface area contributed by atoms with E-state index in [9.17, 15) is 9.59 Å². The molecule has 4 rings (SSSR count). The van der Waals surface area contributed by atoms with Crippen LogP contribution in [0.2, 0.25) is 0 Å². The highest BCUT2D eigenvalue weighted by Gasteiger charge is 2.25. The first-order valence-corrected chi connectivity index (χ1v) is 11.1. The van der Waals surface area contributed by atoms with E-state index in [4.69, 9.17) is 4.74 Å². The van der Waals surface area contributed by atoms with Gasteiger partial charge in [0.05, 0.1) is 24.9 Å². The minimum atomic E-state index is -0.127. The lowest BCUT2D eigenvalue weighted by Crippen LogP contribution is -2.42. The van der Waals surface area contributed by atoms with Crippen molar-refractivity contribution in [3.8, 4) is 0 Å². The number of aryl methyl sites for hydroxylation is 3. The third kappa shape index (κ3) is 4.15. The average Bonchev–Trinajstić information content (AvgIpc) is 3.02. The minimum absolute atomic E-state index is 0.0284. The number of nitrogens with zero attached hydrogens (tertiary/aromatic N) is 3. The van der Waals surface area contributed by atoms with Gasteiger partial charge in [-0.05, 0) is 37.1 Å². The van der Waals surface area contributed by atoms with Crippen molar-refractivity contribution in [1.29, 1.82) is 0 Å². The number of amides is 1. The Morgan fingerprint density at radius 3 is 2.83 bits per heavy atom. The van der Waals surface area contributed by atoms with E-state index in [0.717, 1.165) is 25.3 Å². The van der Waals surface area contributed by atoms with Gasteiger partial charge in [-0.3, -0.25) is 14.2 Å². The lowest BCUT2D eigenvalue weighted by molar-refractivity contribution is -0.139. The second-order valence-corrected chi connectivity index (χ2v) is 9.33. The van der Waals surface area contributed by atoms with Crippen molar-refractivity contribution in [2.75, 3.05) is 19.7 Å². The predicted octanol–water partition coefficient (Wildman–Crippen LogP) is 3.83. The van der Waals surface area contributed by atoms with Crippen LogP contribution < -0.4 is 5.56 Å². The smallest absolute Gasteiger partial charge is 0.262 e. The first-order valence-electron chi connectivity index (χ1n) is 9.54. The SMILES string of the molecule is Cc1sc2ncn(CCC(=O)N3CCOC(c4ccc(Br)cc4)C3)c(=O)c2c1C. The summed E-state index contributed by atoms with van der Waals surface area (Å²) in [6, 6.07) is 7.97. The molecule has 1 aliphatic heterocycles. The second-order valence-electron chi connectivity index (χ2n) is 7.21. The molecule has 3 aromatic rings. The Morgan fingerprint density at radius 2 is 2.07 bits per heavy atom. The number of benzene rings is 1. The van der Waals surface area contributed by atoms with Gasteiger partial charge in [0.2, 0.25) is 5.91 Å². The van der Waals surface area contributed by atoms with Crippen LogP contribution in [-0.4, -0.2) is 40.1 Å². The van der Waals surface area contributed by atoms with Gasteiger partial charge in [0.15, 0.2) is 0 Å². The number of hydrogen-bond acceptors (Lipinski definition) is 5. The van der Waals surface area contributed by atoms with E-state index in [1.165, 1.54) is 11.3 Å². The van der Waals surface area contributed by atoms with Crippen LogP contribution in [0.5, 0.6) is 0 Å². The molecule has 0 aliphatic carbocycles. The fourth-order valence-corrected chi connectivity index (χ4v) is 4.81. The molecule has 1 amide bonds. The molecule has 1 unspecified atom stereocenters. The monoisotopic (exact) mass is 475 g/mol. The summed E-state index contributed by atoms with van der Waals surface area (Å²) in [5, 5.41) is 0.670. The van der Waals surface area contributed by atoms with Gasteiger partial charge in [-0.2, -0.15) is 0 Å². The highest BCUT2D eigenvalue weighted by molar-refractivity contribution is 9.10. The zero-order valence-corrected chi connectivity index (χ0v) is 18.8. The summed E-state index contributed by atoms with van der Waals surface area (Å²) in [4.78, 5) is 33.7. The van der Waals surface area contributed by atoms with Gasteiger partial charge in [-0.15, -0.1) is 11.3 Å². The van der Waals surface area contributed by atoms with Crippen LogP contribution in [0, 0.1) is 13.8 Å². The molecule has 0 spiro atoms. The molecule has 0 bridgehead atoms. The van der Waals surface area contributed by atoms with Gasteiger partial charge in [-0.1, -0.05) is 28.1 Å². The van der Waals surface area contributed by atoms with Crippen LogP contribution in [0.15, 0.2) is 39.9 Å². The molecule has 0 N–H and O–H groups in total. The summed E-state index contributed by atoms with van der Waals surface area (Å²) in [5.74, 6) is 0.0284. The molecular weight excluding hydrogens is 454 g/mol. The molecule has 29 heavy (non-hydrogen) atoms. The number of halogens is 1. The molecular formula is C21H22BrN3O3S. The Bertz CT molecular complexity index is 1110. The summed E-state index contributed by atoms with van der Waals surface area (Å²) in [6.45, 7) is 5.87. The number of rotatable bonds is 4. The van der Waals surface area contributed by atoms with E-state index in [1.807, 2.05) is 43.0 Å². The fourth-order valence-electron chi connectivity index (χ4n) is 3.56. The Morgan fingerprint density at radius 1 is 1.31 bits per heavy atom. The molecule has 1 atom stereocenters. The zero-order chi connectivity index (χ0) is 20.5. The molecule has 2 aromatic heterocycles. The van der Waals surface area contributed by atoms with E-state index < -0.39 is 0 Å². The Hall–Kier alpha value is -2.03. The number of aromatic nitrogens is 2. The number of morpholine rings is 1. The van der Waals surface area contributed by atoms with Crippen molar-refractivity contribution in [3.05, 3.63) is 61.4 Å². The summed E-state index contributed by atoms with van der Waals surface area (Å²) in [5.41, 5.74) is 1.97. The van der Waals surface area contributed by atoms with Gasteiger partial charge in [0.25, 0.3) is 5.56 Å². The standard InChI is InChI=1S/C21H22BrN3O3S/c1-13-14(2)29-20-19(13)21(27)25(12-23-20)8-7-18(26)24-9-10-28-17(11-24)15-3-5-16(22)6-4-15/h3-6,12,17H,7-11H2,1-2H3. The maximum absolute atomic E-state index is 12.8. The summed E-state index contributed by atoms with van der Waals surface area (Å²) in [7, 11) is 0. The molecule has 1 fully saturated rings. The Labute approximate surface area is 181 Å². The van der Waals surface area contributed by atoms with E-state index in [1.54, 1.807) is 10.9 Å². The zero-order valence-electron chi connectivity index (χ0n) is 16.4. The van der Waals surface area contributed by atoms with Crippen molar-refractivity contribution >= 4 is 43.4 Å². The van der Waals surface area contributed by atoms with Crippen LogP contribution in [0.4, 0.5) is 0 Å². The molecule has 6 nitrogen and oxygen atoms in total. The third-order valence-electron chi connectivity index (χ3n) is 5.38. The van der Waals surface area contributed by atoms with Gasteiger partial charge in [-0.25, -0.2) is 4.98 Å². The molecule has 152 valence electrons. The quantitative estimate of drug-likeness (QED) is 0.575. The summed E-state index contributed by atoms with van der Waals surface area (Å²) < 4.78 is 8.42. The molecule has 0 saturated carbocycles. The van der Waals surface area contributed by atoms with Crippen molar-refractivity contribution in [1.82, 2.24) is 14.5 Å². The van der Waals surface area contributed by atoms with Gasteiger partial charge < -0.3 is 9.64 Å². The number of thiophene rings is 1. The van der Waals surface area contributed by atoms with Gasteiger partial charge >= 0.3 is 0 Å². The van der Waals surface area contributed by atoms with E-state index in [2.05, 4.69) is 20.9 Å². The molecule has 3 heterocycles. The maximum Gasteiger partial charge on any atom is 0.262 e. The van der Waals surface area contributed by atoms with E-state index in [0.29, 0.717) is 31.6 Å². The lowest BCUT2D eigenvalue weighted by atomic mass is 10.1. The fraction of sp³-hybridized carbons (Fsp3) is 0.381. The van der Waals surface area contributed by atoms with Crippen molar-refractivity contribution < 1.29 is 9.53 Å². The Kier molecular flexibility index (Phi) is 5.85. The van der Waals surface area contributed by atoms with Crippen molar-refractivity contribution in [2.24, 2.45) is 0 Å². The topological polar surface area (TPSA) is 64.4 Å². The molecule has 1 aromatic carbocycles. The van der Waals surface area contributed by atoms with Gasteiger partial charge in [0.1, 0.15) is 10.9 Å². The average molecular weight is 476 g/mol. The van der Waals surface area contributed by atoms with Crippen LogP contribution >= 0.6 is 27.3 Å². The molecule has 1 aliphatic rings. The van der Waals surface area contributed by atoms with Crippen LogP contribution in [0.1, 0.15) is 28.5 Å². The first kappa shape index (κ1) is 20.3. The number of ether oxygens (including phenoxy) is 1. The largest absolute Gasteiger partial charge is 0.370 e. The van der Waals surface area contributed by atoms with Crippen LogP contribution in [0.3, 0.4) is 0 Å². The summed E-state index contributed by atoms with van der Waals surface area (Å²) >= 11 is 4.97. The maximum atomic E-state index is 12.8. The lowest BCUT2D eigenvalue weighted by Gasteiger charge is -2.33. The van der Waals surface area contributed by atoms with Crippen LogP contribution in [-0.2, 0) is 16.1 Å². The van der Waals surface area contributed by atoms with E-state index >= 15 is 0 Å². The van der Waals surface area contributed by atoms with Crippen molar-refractivity contribution in [3.63, 3.8) is 0 Å². The van der Waals surface area contributed by atoms with E-state index in [-0.39, 0.29) is 24.0 Å². The Balaban J connectivity index is 1.43. The highest BCUT2D eigenvalue weighted by Crippen LogP contribution is 2.26. The van der Waals surface area contributed by atoms with Gasteiger partial charge in [0, 0.05) is 28.9 Å². The number of carbonyl (C=O) groups is 1. The highest BCUT2D eigenvalue weighted by atomic mass is 79.9. The first-order chi connectivity index (χ1) is 13.9. The number of hydrogen-bond donors (Lipinski definition) is 0. The molecule has 0 radical (unpaired) electrons. The minimum Gasteiger partial charge on any atom is -0.370 e. The second kappa shape index (κ2) is 8.38. The predicted molar refractivity (Wildman–Crippen MR) is 117 cm³/mol. The number of fused-ring (bicyclic) bond motifs is 1. The molecule has 1 saturated heterocycles. The third-order valence-corrected chi connectivity index (χ3v) is 7.03. The number of carbonyl (C=O) groups excluding carboxylic acids is 1. The normalized spacial score (nSPS) is 17.1. The molecule has 8 heteroatoms.